The van der Waals surface area contributed by atoms with Gasteiger partial charge in [-0.25, -0.2) is 0 Å². The van der Waals surface area contributed by atoms with E-state index in [4.69, 9.17) is 0 Å². The molecule has 7 nitrogen and oxygen atoms in total. The number of nitrogens with one attached hydrogen (secondary N) is 2. The Morgan fingerprint density at radius 1 is 1.07 bits per heavy atom. The minimum absolute atomic E-state index is 0.0338. The minimum Gasteiger partial charge on any atom is -0.352 e. The second-order valence-corrected chi connectivity index (χ2v) is 7.99. The Balaban J connectivity index is 1.56. The maximum atomic E-state index is 12.7. The van der Waals surface area contributed by atoms with Crippen molar-refractivity contribution in [2.75, 3.05) is 13.1 Å². The summed E-state index contributed by atoms with van der Waals surface area (Å²) in [7, 11) is 0. The maximum Gasteiger partial charge on any atom is 0.263 e. The normalized spacial score (nSPS) is 15.2. The van der Waals surface area contributed by atoms with E-state index >= 15 is 0 Å². The van der Waals surface area contributed by atoms with Crippen LogP contribution in [0.1, 0.15) is 42.6 Å². The molecule has 1 aromatic carbocycles. The first-order chi connectivity index (χ1) is 14.4. The number of carbonyl (C=O) groups is 2. The van der Waals surface area contributed by atoms with Gasteiger partial charge in [0, 0.05) is 37.9 Å². The topological polar surface area (TPSA) is 83.4 Å². The summed E-state index contributed by atoms with van der Waals surface area (Å²) >= 11 is 0. The summed E-state index contributed by atoms with van der Waals surface area (Å²) in [6.07, 6.45) is 3.35. The molecule has 0 bridgehead atoms. The molecule has 0 unspecified atom stereocenters. The molecular weight excluding hydrogens is 380 g/mol. The van der Waals surface area contributed by atoms with Gasteiger partial charge in [-0.1, -0.05) is 30.3 Å². The summed E-state index contributed by atoms with van der Waals surface area (Å²) < 4.78 is 1.29. The van der Waals surface area contributed by atoms with Gasteiger partial charge in [0.15, 0.2) is 0 Å². The van der Waals surface area contributed by atoms with Crippen molar-refractivity contribution in [2.24, 2.45) is 0 Å². The van der Waals surface area contributed by atoms with Crippen molar-refractivity contribution in [3.63, 3.8) is 0 Å². The van der Waals surface area contributed by atoms with Crippen molar-refractivity contribution in [3.05, 3.63) is 70.1 Å². The number of amides is 2. The molecule has 1 aromatic heterocycles. The van der Waals surface area contributed by atoms with Gasteiger partial charge in [-0.05, 0) is 44.4 Å². The number of carbonyl (C=O) groups excluding carboxylic acids is 2. The molecule has 1 aliphatic heterocycles. The van der Waals surface area contributed by atoms with E-state index in [9.17, 15) is 14.4 Å². The SMILES string of the molecule is CC(C)N1CCC(NC(=O)Cn2cccc(C(=O)NCc3ccccc3)c2=O)CC1. The van der Waals surface area contributed by atoms with E-state index in [0.717, 1.165) is 31.5 Å². The highest BCUT2D eigenvalue weighted by atomic mass is 16.2. The smallest absolute Gasteiger partial charge is 0.263 e. The third kappa shape index (κ3) is 5.79. The van der Waals surface area contributed by atoms with Crippen molar-refractivity contribution >= 4 is 11.8 Å². The Kier molecular flexibility index (Phi) is 7.41. The molecule has 2 aromatic rings. The van der Waals surface area contributed by atoms with Crippen molar-refractivity contribution < 1.29 is 9.59 Å². The van der Waals surface area contributed by atoms with Gasteiger partial charge in [0.25, 0.3) is 11.5 Å². The Morgan fingerprint density at radius 2 is 1.77 bits per heavy atom. The first kappa shape index (κ1) is 21.8. The van der Waals surface area contributed by atoms with E-state index < -0.39 is 11.5 Å². The molecule has 2 N–H and O–H groups in total. The molecular formula is C23H30N4O3. The zero-order valence-electron chi connectivity index (χ0n) is 17.6. The molecule has 0 spiro atoms. The summed E-state index contributed by atoms with van der Waals surface area (Å²) in [5.41, 5.74) is 0.518. The lowest BCUT2D eigenvalue weighted by molar-refractivity contribution is -0.122. The predicted molar refractivity (Wildman–Crippen MR) is 116 cm³/mol. The molecule has 0 atom stereocenters. The zero-order chi connectivity index (χ0) is 21.5. The van der Waals surface area contributed by atoms with Crippen LogP contribution >= 0.6 is 0 Å². The van der Waals surface area contributed by atoms with Crippen LogP contribution in [0.3, 0.4) is 0 Å². The van der Waals surface area contributed by atoms with Crippen LogP contribution < -0.4 is 16.2 Å². The minimum atomic E-state index is -0.465. The second kappa shape index (κ2) is 10.2. The van der Waals surface area contributed by atoms with Gasteiger partial charge in [-0.2, -0.15) is 0 Å². The van der Waals surface area contributed by atoms with E-state index in [1.165, 1.54) is 16.8 Å². The molecule has 0 aliphatic carbocycles. The summed E-state index contributed by atoms with van der Waals surface area (Å²) in [5, 5.41) is 5.78. The standard InChI is InChI=1S/C23H30N4O3/c1-17(2)26-13-10-19(11-14-26)25-21(28)16-27-12-6-9-20(23(27)30)22(29)24-15-18-7-4-3-5-8-18/h3-9,12,17,19H,10-11,13-16H2,1-2H3,(H,24,29)(H,25,28). The van der Waals surface area contributed by atoms with Crippen LogP contribution in [-0.2, 0) is 17.9 Å². The van der Waals surface area contributed by atoms with Crippen molar-refractivity contribution in [1.82, 2.24) is 20.1 Å². The lowest BCUT2D eigenvalue weighted by Gasteiger charge is -2.34. The highest BCUT2D eigenvalue weighted by Crippen LogP contribution is 2.12. The summed E-state index contributed by atoms with van der Waals surface area (Å²) in [4.78, 5) is 40.0. The van der Waals surface area contributed by atoms with Crippen LogP contribution in [0.15, 0.2) is 53.5 Å². The van der Waals surface area contributed by atoms with Crippen molar-refractivity contribution in [3.8, 4) is 0 Å². The number of rotatable bonds is 7. The number of hydrogen-bond acceptors (Lipinski definition) is 4. The number of likely N-dealkylation sites (tertiary alicyclic amines) is 1. The van der Waals surface area contributed by atoms with Crippen LogP contribution in [0.4, 0.5) is 0 Å². The maximum absolute atomic E-state index is 12.7. The molecule has 1 saturated heterocycles. The van der Waals surface area contributed by atoms with Crippen LogP contribution in [0.25, 0.3) is 0 Å². The number of hydrogen-bond donors (Lipinski definition) is 2. The van der Waals surface area contributed by atoms with E-state index in [0.29, 0.717) is 12.6 Å². The van der Waals surface area contributed by atoms with Gasteiger partial charge in [-0.15, -0.1) is 0 Å². The molecule has 0 radical (unpaired) electrons. The van der Waals surface area contributed by atoms with E-state index in [2.05, 4.69) is 29.4 Å². The number of pyridine rings is 1. The lowest BCUT2D eigenvalue weighted by atomic mass is 10.0. The highest BCUT2D eigenvalue weighted by molar-refractivity contribution is 5.93. The van der Waals surface area contributed by atoms with Gasteiger partial charge in [0.2, 0.25) is 5.91 Å². The molecule has 3 rings (SSSR count). The second-order valence-electron chi connectivity index (χ2n) is 7.99. The van der Waals surface area contributed by atoms with Gasteiger partial charge < -0.3 is 20.1 Å². The van der Waals surface area contributed by atoms with Crippen LogP contribution in [-0.4, -0.2) is 46.5 Å². The van der Waals surface area contributed by atoms with Crippen LogP contribution in [0, 0.1) is 0 Å². The fourth-order valence-corrected chi connectivity index (χ4v) is 3.70. The number of benzene rings is 1. The van der Waals surface area contributed by atoms with Gasteiger partial charge in [0.1, 0.15) is 12.1 Å². The van der Waals surface area contributed by atoms with E-state index in [1.54, 1.807) is 6.07 Å². The first-order valence-corrected chi connectivity index (χ1v) is 10.5. The average Bonchev–Trinajstić information content (AvgIpc) is 2.74. The highest BCUT2D eigenvalue weighted by Gasteiger charge is 2.22. The molecule has 1 fully saturated rings. The Labute approximate surface area is 177 Å². The number of piperidine rings is 1. The van der Waals surface area contributed by atoms with Crippen LogP contribution in [0.2, 0.25) is 0 Å². The summed E-state index contributed by atoms with van der Waals surface area (Å²) in [5.74, 6) is -0.651. The third-order valence-electron chi connectivity index (χ3n) is 5.50. The molecule has 0 saturated carbocycles. The average molecular weight is 411 g/mol. The zero-order valence-corrected chi connectivity index (χ0v) is 17.6. The molecule has 2 amide bonds. The van der Waals surface area contributed by atoms with Crippen LogP contribution in [0.5, 0.6) is 0 Å². The number of aromatic nitrogens is 1. The van der Waals surface area contributed by atoms with Crippen molar-refractivity contribution in [2.45, 2.75) is 51.9 Å². The summed E-state index contributed by atoms with van der Waals surface area (Å²) in [6.45, 7) is 6.51. The molecule has 30 heavy (non-hydrogen) atoms. The Bertz CT molecular complexity index is 916. The fraction of sp³-hybridized carbons (Fsp3) is 0.435. The fourth-order valence-electron chi connectivity index (χ4n) is 3.70. The van der Waals surface area contributed by atoms with Gasteiger partial charge in [-0.3, -0.25) is 14.4 Å². The largest absolute Gasteiger partial charge is 0.352 e. The van der Waals surface area contributed by atoms with Gasteiger partial charge in [0.05, 0.1) is 0 Å². The molecule has 7 heteroatoms. The molecule has 160 valence electrons. The lowest BCUT2D eigenvalue weighted by Crippen LogP contribution is -2.47. The van der Waals surface area contributed by atoms with E-state index in [1.807, 2.05) is 30.3 Å². The van der Waals surface area contributed by atoms with Crippen molar-refractivity contribution in [1.29, 1.82) is 0 Å². The molecule has 2 heterocycles. The van der Waals surface area contributed by atoms with Gasteiger partial charge >= 0.3 is 0 Å². The summed E-state index contributed by atoms with van der Waals surface area (Å²) in [6, 6.07) is 13.2. The first-order valence-electron chi connectivity index (χ1n) is 10.5. The Hall–Kier alpha value is -2.93. The van der Waals surface area contributed by atoms with E-state index in [-0.39, 0.29) is 24.1 Å². The molecule has 1 aliphatic rings. The monoisotopic (exact) mass is 410 g/mol. The number of nitrogens with zero attached hydrogens (tertiary/aromatic N) is 2. The predicted octanol–water partition coefficient (Wildman–Crippen LogP) is 1.77. The Morgan fingerprint density at radius 3 is 2.43 bits per heavy atom. The quantitative estimate of drug-likeness (QED) is 0.729. The third-order valence-corrected chi connectivity index (χ3v) is 5.50.